The maximum Gasteiger partial charge on any atom is 0.243 e. The van der Waals surface area contributed by atoms with Crippen LogP contribution in [-0.4, -0.2) is 19.6 Å². The molecular formula is C12H13N5S. The molecule has 0 atom stereocenters. The van der Waals surface area contributed by atoms with Crippen molar-refractivity contribution >= 4 is 22.9 Å². The van der Waals surface area contributed by atoms with E-state index in [2.05, 4.69) is 20.4 Å². The molecule has 0 fully saturated rings. The van der Waals surface area contributed by atoms with Crippen LogP contribution in [0.4, 0.5) is 5.95 Å². The van der Waals surface area contributed by atoms with Gasteiger partial charge in [0.1, 0.15) is 0 Å². The zero-order chi connectivity index (χ0) is 12.5. The van der Waals surface area contributed by atoms with Gasteiger partial charge in [-0.05, 0) is 31.5 Å². The van der Waals surface area contributed by atoms with Crippen molar-refractivity contribution in [3.8, 4) is 0 Å². The van der Waals surface area contributed by atoms with Gasteiger partial charge in [0.2, 0.25) is 5.95 Å². The van der Waals surface area contributed by atoms with Gasteiger partial charge < -0.3 is 5.32 Å². The second kappa shape index (κ2) is 4.38. The molecule has 0 spiro atoms. The number of hydrogen-bond donors (Lipinski definition) is 1. The first-order valence-corrected chi connectivity index (χ1v) is 6.56. The first-order valence-electron chi connectivity index (χ1n) is 5.68. The topological polar surface area (TPSA) is 55.1 Å². The van der Waals surface area contributed by atoms with Crippen molar-refractivity contribution in [1.82, 2.24) is 19.6 Å². The summed E-state index contributed by atoms with van der Waals surface area (Å²) in [5.74, 6) is 0.631. The molecule has 0 saturated heterocycles. The minimum atomic E-state index is 0.631. The highest BCUT2D eigenvalue weighted by molar-refractivity contribution is 7.09. The lowest BCUT2D eigenvalue weighted by atomic mass is 10.3. The fourth-order valence-electron chi connectivity index (χ4n) is 1.72. The van der Waals surface area contributed by atoms with Gasteiger partial charge >= 0.3 is 0 Å². The van der Waals surface area contributed by atoms with Gasteiger partial charge in [0.25, 0.3) is 0 Å². The predicted octanol–water partition coefficient (Wildman–Crippen LogP) is 2.41. The number of thiazole rings is 1. The average molecular weight is 259 g/mol. The molecule has 92 valence electrons. The quantitative estimate of drug-likeness (QED) is 0.784. The number of aromatic nitrogens is 4. The molecule has 0 radical (unpaired) electrons. The summed E-state index contributed by atoms with van der Waals surface area (Å²) < 4.78 is 1.77. The largest absolute Gasteiger partial charge is 0.347 e. The molecule has 6 heteroatoms. The fourth-order valence-corrected chi connectivity index (χ4v) is 2.33. The Morgan fingerprint density at radius 2 is 2.22 bits per heavy atom. The zero-order valence-corrected chi connectivity index (χ0v) is 11.0. The molecule has 0 aliphatic heterocycles. The molecule has 3 heterocycles. The highest BCUT2D eigenvalue weighted by atomic mass is 32.1. The van der Waals surface area contributed by atoms with Crippen molar-refractivity contribution in [3.63, 3.8) is 0 Å². The Balaban J connectivity index is 1.78. The van der Waals surface area contributed by atoms with E-state index in [9.17, 15) is 0 Å². The predicted molar refractivity (Wildman–Crippen MR) is 71.9 cm³/mol. The molecule has 0 unspecified atom stereocenters. The number of anilines is 1. The number of nitrogens with zero attached hydrogens (tertiary/aromatic N) is 4. The Morgan fingerprint density at radius 3 is 3.00 bits per heavy atom. The van der Waals surface area contributed by atoms with E-state index in [-0.39, 0.29) is 0 Å². The van der Waals surface area contributed by atoms with Crippen molar-refractivity contribution in [2.24, 2.45) is 0 Å². The van der Waals surface area contributed by atoms with Crippen molar-refractivity contribution in [2.45, 2.75) is 20.4 Å². The van der Waals surface area contributed by atoms with Crippen LogP contribution in [0.25, 0.3) is 5.65 Å². The zero-order valence-electron chi connectivity index (χ0n) is 10.2. The number of aryl methyl sites for hydroxylation is 2. The first-order chi connectivity index (χ1) is 8.70. The summed E-state index contributed by atoms with van der Waals surface area (Å²) in [5.41, 5.74) is 3.05. The Hall–Kier alpha value is -1.95. The molecule has 3 aromatic rings. The third kappa shape index (κ3) is 2.19. The number of nitrogens with one attached hydrogen (secondary N) is 1. The highest BCUT2D eigenvalue weighted by Crippen LogP contribution is 2.11. The Morgan fingerprint density at radius 1 is 1.33 bits per heavy atom. The number of rotatable bonds is 3. The van der Waals surface area contributed by atoms with Gasteiger partial charge in [-0.2, -0.15) is 4.98 Å². The summed E-state index contributed by atoms with van der Waals surface area (Å²) in [6.07, 6.45) is 1.91. The molecular weight excluding hydrogens is 246 g/mol. The van der Waals surface area contributed by atoms with Crippen LogP contribution in [0.3, 0.4) is 0 Å². The van der Waals surface area contributed by atoms with E-state index in [1.54, 1.807) is 15.9 Å². The van der Waals surface area contributed by atoms with Crippen molar-refractivity contribution < 1.29 is 0 Å². The first kappa shape index (κ1) is 11.2. The van der Waals surface area contributed by atoms with Gasteiger partial charge in [0.15, 0.2) is 5.65 Å². The third-order valence-corrected chi connectivity index (χ3v) is 3.41. The van der Waals surface area contributed by atoms with E-state index < -0.39 is 0 Å². The van der Waals surface area contributed by atoms with E-state index in [1.807, 2.05) is 37.6 Å². The van der Waals surface area contributed by atoms with Crippen LogP contribution in [-0.2, 0) is 6.54 Å². The van der Waals surface area contributed by atoms with Crippen molar-refractivity contribution in [2.75, 3.05) is 5.32 Å². The lowest BCUT2D eigenvalue weighted by Gasteiger charge is -1.96. The standard InChI is InChI=1S/C12H13N5S/c1-8-3-4-17-11(5-8)15-12(16-17)13-6-10-7-18-9(2)14-10/h3-5,7H,6H2,1-2H3,(H,13,16). The summed E-state index contributed by atoms with van der Waals surface area (Å²) in [6, 6.07) is 4.01. The minimum Gasteiger partial charge on any atom is -0.347 e. The monoisotopic (exact) mass is 259 g/mol. The van der Waals surface area contributed by atoms with Gasteiger partial charge in [0, 0.05) is 11.6 Å². The maximum atomic E-state index is 4.41. The van der Waals surface area contributed by atoms with Crippen LogP contribution in [0.5, 0.6) is 0 Å². The smallest absolute Gasteiger partial charge is 0.243 e. The molecule has 0 amide bonds. The molecule has 0 saturated carbocycles. The molecule has 3 rings (SSSR count). The lowest BCUT2D eigenvalue weighted by Crippen LogP contribution is -2.01. The van der Waals surface area contributed by atoms with Crippen molar-refractivity contribution in [1.29, 1.82) is 0 Å². The summed E-state index contributed by atoms with van der Waals surface area (Å²) >= 11 is 1.65. The Labute approximate surface area is 109 Å². The minimum absolute atomic E-state index is 0.631. The SMILES string of the molecule is Cc1ccn2nc(NCc3csc(C)n3)nc2c1. The van der Waals surface area contributed by atoms with Gasteiger partial charge in [0.05, 0.1) is 17.2 Å². The summed E-state index contributed by atoms with van der Waals surface area (Å²) in [7, 11) is 0. The van der Waals surface area contributed by atoms with E-state index in [0.717, 1.165) is 16.3 Å². The van der Waals surface area contributed by atoms with Crippen LogP contribution in [0.15, 0.2) is 23.7 Å². The fraction of sp³-hybridized carbons (Fsp3) is 0.250. The second-order valence-electron chi connectivity index (χ2n) is 4.15. The summed E-state index contributed by atoms with van der Waals surface area (Å²) in [5, 5.41) is 10.6. The van der Waals surface area contributed by atoms with E-state index in [4.69, 9.17) is 0 Å². The normalized spacial score (nSPS) is 11.0. The summed E-state index contributed by atoms with van der Waals surface area (Å²) in [6.45, 7) is 4.69. The number of hydrogen-bond acceptors (Lipinski definition) is 5. The van der Waals surface area contributed by atoms with Gasteiger partial charge in [-0.3, -0.25) is 0 Å². The van der Waals surface area contributed by atoms with Crippen LogP contribution < -0.4 is 5.32 Å². The van der Waals surface area contributed by atoms with Gasteiger partial charge in [-0.25, -0.2) is 9.50 Å². The maximum absolute atomic E-state index is 4.41. The molecule has 0 aromatic carbocycles. The molecule has 1 N–H and O–H groups in total. The summed E-state index contributed by atoms with van der Waals surface area (Å²) in [4.78, 5) is 8.80. The van der Waals surface area contributed by atoms with Gasteiger partial charge in [-0.15, -0.1) is 16.4 Å². The van der Waals surface area contributed by atoms with E-state index in [0.29, 0.717) is 12.5 Å². The number of fused-ring (bicyclic) bond motifs is 1. The molecule has 0 bridgehead atoms. The molecule has 3 aromatic heterocycles. The highest BCUT2D eigenvalue weighted by Gasteiger charge is 2.04. The van der Waals surface area contributed by atoms with E-state index >= 15 is 0 Å². The van der Waals surface area contributed by atoms with E-state index in [1.165, 1.54) is 5.56 Å². The average Bonchev–Trinajstić information content (AvgIpc) is 2.92. The molecule has 18 heavy (non-hydrogen) atoms. The van der Waals surface area contributed by atoms with Gasteiger partial charge in [-0.1, -0.05) is 0 Å². The van der Waals surface area contributed by atoms with Crippen LogP contribution >= 0.6 is 11.3 Å². The Kier molecular flexibility index (Phi) is 2.71. The molecule has 5 nitrogen and oxygen atoms in total. The van der Waals surface area contributed by atoms with Crippen molar-refractivity contribution in [3.05, 3.63) is 40.0 Å². The van der Waals surface area contributed by atoms with Crippen LogP contribution in [0.2, 0.25) is 0 Å². The van der Waals surface area contributed by atoms with Crippen LogP contribution in [0, 0.1) is 13.8 Å². The molecule has 0 aliphatic rings. The number of pyridine rings is 1. The van der Waals surface area contributed by atoms with Crippen LogP contribution in [0.1, 0.15) is 16.3 Å². The Bertz CT molecular complexity index is 685. The third-order valence-electron chi connectivity index (χ3n) is 2.59. The second-order valence-corrected chi connectivity index (χ2v) is 5.22. The lowest BCUT2D eigenvalue weighted by molar-refractivity contribution is 0.941. The molecule has 0 aliphatic carbocycles.